The molecule has 2 atom stereocenters. The number of hydrogen-bond donors (Lipinski definition) is 3. The molecule has 0 fully saturated rings. The molecule has 0 aromatic rings. The van der Waals surface area contributed by atoms with E-state index < -0.39 is 12.1 Å². The highest BCUT2D eigenvalue weighted by atomic mass is 16.5. The molecule has 0 aliphatic carbocycles. The van der Waals surface area contributed by atoms with Gasteiger partial charge in [-0.15, -0.1) is 0 Å². The number of hydrogen-bond acceptors (Lipinski definition) is 5. The van der Waals surface area contributed by atoms with E-state index in [0.717, 1.165) is 44.9 Å². The molecule has 0 saturated heterocycles. The standard InChI is InChI=1S/C72H139NO5/c1-3-5-7-9-11-13-15-17-19-36-40-44-48-52-56-60-64-70(75)69(68-74)73-71(76)65-61-57-53-49-45-41-37-34-32-30-28-26-24-22-21-23-25-27-29-31-33-35-39-43-47-51-55-59-63-67-78-72(77)66-62-58-54-50-46-42-38-20-18-16-14-12-10-8-6-4-2/h20,38,60,64,69-70,74-75H,3-19,21-37,39-59,61-63,65-68H2,1-2H3,(H,73,76)/b38-20-,64-60+. The van der Waals surface area contributed by atoms with Gasteiger partial charge in [0.05, 0.1) is 25.4 Å². The molecule has 0 rings (SSSR count). The Labute approximate surface area is 488 Å². The highest BCUT2D eigenvalue weighted by Gasteiger charge is 2.18. The van der Waals surface area contributed by atoms with Crippen molar-refractivity contribution in [2.24, 2.45) is 0 Å². The largest absolute Gasteiger partial charge is 0.466 e. The second-order valence-corrected chi connectivity index (χ2v) is 24.6. The lowest BCUT2D eigenvalue weighted by Gasteiger charge is -2.20. The zero-order chi connectivity index (χ0) is 56.4. The number of nitrogens with one attached hydrogen (secondary N) is 1. The van der Waals surface area contributed by atoms with Gasteiger partial charge in [-0.05, 0) is 57.8 Å². The second-order valence-electron chi connectivity index (χ2n) is 24.6. The summed E-state index contributed by atoms with van der Waals surface area (Å²) >= 11 is 0. The van der Waals surface area contributed by atoms with Crippen LogP contribution in [-0.4, -0.2) is 47.4 Å². The third-order valence-electron chi connectivity index (χ3n) is 16.7. The number of aliphatic hydroxyl groups is 2. The number of esters is 1. The fourth-order valence-electron chi connectivity index (χ4n) is 11.3. The van der Waals surface area contributed by atoms with Crippen molar-refractivity contribution in [1.82, 2.24) is 5.32 Å². The molecule has 6 heteroatoms. The summed E-state index contributed by atoms with van der Waals surface area (Å²) < 4.78 is 5.50. The van der Waals surface area contributed by atoms with E-state index in [1.54, 1.807) is 6.08 Å². The number of allylic oxidation sites excluding steroid dienone is 3. The summed E-state index contributed by atoms with van der Waals surface area (Å²) in [4.78, 5) is 24.6. The molecule has 0 aromatic heterocycles. The van der Waals surface area contributed by atoms with Crippen LogP contribution in [0.2, 0.25) is 0 Å². The molecule has 78 heavy (non-hydrogen) atoms. The first-order valence-corrected chi connectivity index (χ1v) is 35.6. The van der Waals surface area contributed by atoms with Crippen LogP contribution in [0.4, 0.5) is 0 Å². The molecule has 3 N–H and O–H groups in total. The van der Waals surface area contributed by atoms with Crippen molar-refractivity contribution in [1.29, 1.82) is 0 Å². The zero-order valence-electron chi connectivity index (χ0n) is 52.9. The summed E-state index contributed by atoms with van der Waals surface area (Å²) in [5.74, 6) is -0.0492. The van der Waals surface area contributed by atoms with E-state index in [4.69, 9.17) is 4.74 Å². The number of rotatable bonds is 67. The molecule has 0 heterocycles. The zero-order valence-corrected chi connectivity index (χ0v) is 52.9. The number of unbranched alkanes of at least 4 members (excludes halogenated alkanes) is 54. The maximum Gasteiger partial charge on any atom is 0.305 e. The Hall–Kier alpha value is -1.66. The van der Waals surface area contributed by atoms with Crippen LogP contribution in [0.3, 0.4) is 0 Å². The third-order valence-corrected chi connectivity index (χ3v) is 16.7. The van der Waals surface area contributed by atoms with Gasteiger partial charge in [0.1, 0.15) is 0 Å². The molecule has 0 aliphatic rings. The van der Waals surface area contributed by atoms with Crippen molar-refractivity contribution in [3.05, 3.63) is 24.3 Å². The van der Waals surface area contributed by atoms with Gasteiger partial charge in [-0.1, -0.05) is 353 Å². The summed E-state index contributed by atoms with van der Waals surface area (Å²) in [5, 5.41) is 23.2. The van der Waals surface area contributed by atoms with Gasteiger partial charge in [0, 0.05) is 12.8 Å². The predicted octanol–water partition coefficient (Wildman–Crippen LogP) is 22.9. The minimum Gasteiger partial charge on any atom is -0.466 e. The molecule has 462 valence electrons. The highest BCUT2D eigenvalue weighted by Crippen LogP contribution is 2.19. The molecule has 2 unspecified atom stereocenters. The molecule has 0 spiro atoms. The average Bonchev–Trinajstić information content (AvgIpc) is 3.44. The Morgan fingerprint density at radius 2 is 0.603 bits per heavy atom. The SMILES string of the molecule is CCCCCCCCC/C=C\CCCCCCCC(=O)OCCCCCCCCCCCCCCCCCCCCCCCCCCCCCCCC(=O)NC(CO)C(O)/C=C/CCCCCCCCCCCCCCCC. The Kier molecular flexibility index (Phi) is 66.4. The molecule has 0 saturated carbocycles. The van der Waals surface area contributed by atoms with Crippen LogP contribution in [0.25, 0.3) is 0 Å². The molecule has 0 aliphatic heterocycles. The summed E-state index contributed by atoms with van der Waals surface area (Å²) in [6, 6.07) is -0.625. The third kappa shape index (κ3) is 63.5. The smallest absolute Gasteiger partial charge is 0.305 e. The minimum absolute atomic E-state index is 0.0124. The lowest BCUT2D eigenvalue weighted by molar-refractivity contribution is -0.143. The molecule has 6 nitrogen and oxygen atoms in total. The molecular weight excluding hydrogens is 959 g/mol. The van der Waals surface area contributed by atoms with Crippen LogP contribution >= 0.6 is 0 Å². The van der Waals surface area contributed by atoms with Gasteiger partial charge < -0.3 is 20.3 Å². The van der Waals surface area contributed by atoms with E-state index >= 15 is 0 Å². The monoisotopic (exact) mass is 1100 g/mol. The molecule has 0 bridgehead atoms. The fourth-order valence-corrected chi connectivity index (χ4v) is 11.3. The Bertz CT molecular complexity index is 1220. The molecule has 1 amide bonds. The van der Waals surface area contributed by atoms with Gasteiger partial charge in [-0.2, -0.15) is 0 Å². The van der Waals surface area contributed by atoms with Gasteiger partial charge in [0.25, 0.3) is 0 Å². The Morgan fingerprint density at radius 3 is 0.910 bits per heavy atom. The minimum atomic E-state index is -0.842. The molecule has 0 aromatic carbocycles. The van der Waals surface area contributed by atoms with Crippen molar-refractivity contribution >= 4 is 11.9 Å². The van der Waals surface area contributed by atoms with Crippen molar-refractivity contribution in [2.45, 2.75) is 411 Å². The second kappa shape index (κ2) is 67.8. The number of aliphatic hydroxyl groups excluding tert-OH is 2. The average molecular weight is 1100 g/mol. The first-order valence-electron chi connectivity index (χ1n) is 35.6. The van der Waals surface area contributed by atoms with Crippen LogP contribution in [0, 0.1) is 0 Å². The van der Waals surface area contributed by atoms with E-state index in [9.17, 15) is 19.8 Å². The van der Waals surface area contributed by atoms with Crippen molar-refractivity contribution in [2.75, 3.05) is 13.2 Å². The highest BCUT2D eigenvalue weighted by molar-refractivity contribution is 5.76. The number of amides is 1. The first kappa shape index (κ1) is 76.3. The topological polar surface area (TPSA) is 95.9 Å². The number of carbonyl (C=O) groups excluding carboxylic acids is 2. The van der Waals surface area contributed by atoms with Crippen molar-refractivity contribution in [3.8, 4) is 0 Å². The van der Waals surface area contributed by atoms with Gasteiger partial charge >= 0.3 is 5.97 Å². The van der Waals surface area contributed by atoms with Crippen LogP contribution in [0.1, 0.15) is 399 Å². The summed E-state index contributed by atoms with van der Waals surface area (Å²) in [6.07, 6.45) is 85.5. The van der Waals surface area contributed by atoms with Crippen LogP contribution in [-0.2, 0) is 14.3 Å². The van der Waals surface area contributed by atoms with E-state index in [0.29, 0.717) is 19.4 Å². The van der Waals surface area contributed by atoms with Crippen LogP contribution in [0.15, 0.2) is 24.3 Å². The maximum absolute atomic E-state index is 12.5. The van der Waals surface area contributed by atoms with E-state index in [2.05, 4.69) is 31.3 Å². The first-order chi connectivity index (χ1) is 38.5. The summed E-state index contributed by atoms with van der Waals surface area (Å²) in [7, 11) is 0. The fraction of sp³-hybridized carbons (Fsp3) is 0.917. The van der Waals surface area contributed by atoms with Gasteiger partial charge in [0.15, 0.2) is 0 Å². The summed E-state index contributed by atoms with van der Waals surface area (Å²) in [6.45, 7) is 4.93. The summed E-state index contributed by atoms with van der Waals surface area (Å²) in [5.41, 5.74) is 0. The van der Waals surface area contributed by atoms with Gasteiger partial charge in [0.2, 0.25) is 5.91 Å². The number of carbonyl (C=O) groups is 2. The molecular formula is C72H139NO5. The molecule has 0 radical (unpaired) electrons. The van der Waals surface area contributed by atoms with Crippen LogP contribution < -0.4 is 5.32 Å². The normalized spacial score (nSPS) is 12.6. The lowest BCUT2D eigenvalue weighted by atomic mass is 10.0. The van der Waals surface area contributed by atoms with Crippen LogP contribution in [0.5, 0.6) is 0 Å². The van der Waals surface area contributed by atoms with E-state index in [1.165, 1.54) is 327 Å². The van der Waals surface area contributed by atoms with E-state index in [1.807, 2.05) is 6.08 Å². The Balaban J connectivity index is 3.35. The Morgan fingerprint density at radius 1 is 0.346 bits per heavy atom. The van der Waals surface area contributed by atoms with Crippen molar-refractivity contribution in [3.63, 3.8) is 0 Å². The quantitative estimate of drug-likeness (QED) is 0.0320. The van der Waals surface area contributed by atoms with Crippen molar-refractivity contribution < 1.29 is 24.5 Å². The maximum atomic E-state index is 12.5. The lowest BCUT2D eigenvalue weighted by Crippen LogP contribution is -2.45. The number of ether oxygens (including phenoxy) is 1. The predicted molar refractivity (Wildman–Crippen MR) is 343 cm³/mol. The van der Waals surface area contributed by atoms with E-state index in [-0.39, 0.29) is 18.5 Å². The van der Waals surface area contributed by atoms with Gasteiger partial charge in [-0.3, -0.25) is 9.59 Å². The van der Waals surface area contributed by atoms with Gasteiger partial charge in [-0.25, -0.2) is 0 Å².